The zero-order valence-electron chi connectivity index (χ0n) is 14.9. The Kier molecular flexibility index (Phi) is 4.56. The van der Waals surface area contributed by atoms with Gasteiger partial charge in [0.15, 0.2) is 0 Å². The van der Waals surface area contributed by atoms with Gasteiger partial charge >= 0.3 is 0 Å². The Morgan fingerprint density at radius 2 is 1.85 bits per heavy atom. The van der Waals surface area contributed by atoms with Crippen molar-refractivity contribution < 1.29 is 9.32 Å². The van der Waals surface area contributed by atoms with Gasteiger partial charge in [-0.25, -0.2) is 0 Å². The minimum absolute atomic E-state index is 0.166. The zero-order chi connectivity index (χ0) is 18.8. The molecule has 134 valence electrons. The molecule has 0 aliphatic carbocycles. The summed E-state index contributed by atoms with van der Waals surface area (Å²) in [7, 11) is 0. The number of carbonyl (C=O) groups excluding carboxylic acids is 1. The van der Waals surface area contributed by atoms with Crippen molar-refractivity contribution in [3.63, 3.8) is 0 Å². The van der Waals surface area contributed by atoms with Crippen LogP contribution in [-0.4, -0.2) is 16.0 Å². The van der Waals surface area contributed by atoms with E-state index in [4.69, 9.17) is 4.52 Å². The Morgan fingerprint density at radius 1 is 1.04 bits per heavy atom. The van der Waals surface area contributed by atoms with Crippen LogP contribution in [0.5, 0.6) is 0 Å². The first-order valence-corrected chi connectivity index (χ1v) is 9.35. The van der Waals surface area contributed by atoms with Crippen molar-refractivity contribution in [2.75, 3.05) is 5.32 Å². The molecular weight excluding hydrogens is 358 g/mol. The van der Waals surface area contributed by atoms with Crippen LogP contribution in [0.25, 0.3) is 22.2 Å². The number of rotatable bonds is 4. The van der Waals surface area contributed by atoms with Crippen molar-refractivity contribution in [1.29, 1.82) is 0 Å². The van der Waals surface area contributed by atoms with E-state index in [1.807, 2.05) is 73.8 Å². The largest absolute Gasteiger partial charge is 0.333 e. The molecule has 0 fully saturated rings. The van der Waals surface area contributed by atoms with E-state index in [0.717, 1.165) is 21.6 Å². The Labute approximate surface area is 160 Å². The summed E-state index contributed by atoms with van der Waals surface area (Å²) in [6.07, 6.45) is 0. The normalized spacial score (nSPS) is 10.7. The molecule has 2 aromatic heterocycles. The first-order valence-electron chi connectivity index (χ1n) is 8.47. The number of amides is 1. The van der Waals surface area contributed by atoms with Crippen LogP contribution in [0.1, 0.15) is 21.5 Å². The molecule has 0 bridgehead atoms. The lowest BCUT2D eigenvalue weighted by atomic mass is 10.1. The molecule has 1 amide bonds. The van der Waals surface area contributed by atoms with Crippen LogP contribution < -0.4 is 5.32 Å². The summed E-state index contributed by atoms with van der Waals surface area (Å²) in [4.78, 5) is 17.8. The maximum Gasteiger partial charge on any atom is 0.270 e. The molecule has 5 nitrogen and oxygen atoms in total. The smallest absolute Gasteiger partial charge is 0.270 e. The fraction of sp³-hybridized carbons (Fsp3) is 0.0952. The first kappa shape index (κ1) is 17.2. The van der Waals surface area contributed by atoms with Crippen LogP contribution in [0.15, 0.2) is 64.5 Å². The zero-order valence-corrected chi connectivity index (χ0v) is 15.7. The van der Waals surface area contributed by atoms with Crippen LogP contribution in [0.3, 0.4) is 0 Å². The predicted molar refractivity (Wildman–Crippen MR) is 107 cm³/mol. The minimum Gasteiger partial charge on any atom is -0.333 e. The molecule has 27 heavy (non-hydrogen) atoms. The third-order valence-electron chi connectivity index (χ3n) is 4.33. The molecule has 0 atom stereocenters. The van der Waals surface area contributed by atoms with Gasteiger partial charge in [-0.05, 0) is 48.6 Å². The lowest BCUT2D eigenvalue weighted by Crippen LogP contribution is -2.12. The van der Waals surface area contributed by atoms with Crippen molar-refractivity contribution in [3.05, 3.63) is 76.7 Å². The van der Waals surface area contributed by atoms with Crippen LogP contribution in [0.4, 0.5) is 5.69 Å². The summed E-state index contributed by atoms with van der Waals surface area (Å²) in [5, 5.41) is 8.88. The summed E-state index contributed by atoms with van der Waals surface area (Å²) in [5.41, 5.74) is 4.39. The number of nitrogens with zero attached hydrogens (tertiary/aromatic N) is 2. The molecule has 2 aromatic carbocycles. The van der Waals surface area contributed by atoms with Gasteiger partial charge < -0.3 is 9.84 Å². The highest BCUT2D eigenvalue weighted by molar-refractivity contribution is 7.14. The molecule has 4 aromatic rings. The minimum atomic E-state index is -0.166. The van der Waals surface area contributed by atoms with Gasteiger partial charge in [-0.15, -0.1) is 11.3 Å². The number of nitrogens with one attached hydrogen (secondary N) is 1. The van der Waals surface area contributed by atoms with E-state index in [1.165, 1.54) is 11.3 Å². The molecule has 0 aliphatic heterocycles. The van der Waals surface area contributed by atoms with E-state index in [1.54, 1.807) is 0 Å². The maximum absolute atomic E-state index is 12.6. The maximum atomic E-state index is 12.6. The number of hydrogen-bond donors (Lipinski definition) is 1. The Bertz CT molecular complexity index is 1100. The third kappa shape index (κ3) is 3.52. The average Bonchev–Trinajstić information content (AvgIpc) is 3.34. The second-order valence-electron chi connectivity index (χ2n) is 6.21. The van der Waals surface area contributed by atoms with E-state index in [9.17, 15) is 4.79 Å². The standard InChI is InChI=1S/C21H17N3O2S/c1-13-8-9-16(12-14(13)2)20(25)22-17-10-11-27-18(17)21-23-19(24-26-21)15-6-4-3-5-7-15/h3-12H,1-2H3,(H,22,25). The van der Waals surface area contributed by atoms with Crippen LogP contribution in [0, 0.1) is 13.8 Å². The molecule has 0 saturated heterocycles. The second-order valence-corrected chi connectivity index (χ2v) is 7.12. The number of anilines is 1. The number of thiophene rings is 1. The van der Waals surface area contributed by atoms with E-state index in [2.05, 4.69) is 15.5 Å². The third-order valence-corrected chi connectivity index (χ3v) is 5.24. The van der Waals surface area contributed by atoms with Crippen LogP contribution in [0.2, 0.25) is 0 Å². The second kappa shape index (κ2) is 7.17. The summed E-state index contributed by atoms with van der Waals surface area (Å²) in [6.45, 7) is 4.01. The number of benzene rings is 2. The van der Waals surface area contributed by atoms with Crippen molar-refractivity contribution >= 4 is 22.9 Å². The Morgan fingerprint density at radius 3 is 2.63 bits per heavy atom. The fourth-order valence-electron chi connectivity index (χ4n) is 2.67. The molecule has 1 N–H and O–H groups in total. The lowest BCUT2D eigenvalue weighted by molar-refractivity contribution is 0.102. The molecule has 0 unspecified atom stereocenters. The Hall–Kier alpha value is -3.25. The molecule has 0 saturated carbocycles. The van der Waals surface area contributed by atoms with Gasteiger partial charge in [-0.2, -0.15) is 4.98 Å². The number of hydrogen-bond acceptors (Lipinski definition) is 5. The first-order chi connectivity index (χ1) is 13.1. The van der Waals surface area contributed by atoms with Gasteiger partial charge in [0.2, 0.25) is 5.82 Å². The molecule has 6 heteroatoms. The van der Waals surface area contributed by atoms with Gasteiger partial charge in [-0.3, -0.25) is 4.79 Å². The number of carbonyl (C=O) groups is 1. The van der Waals surface area contributed by atoms with Crippen molar-refractivity contribution in [2.45, 2.75) is 13.8 Å². The van der Waals surface area contributed by atoms with Crippen molar-refractivity contribution in [3.8, 4) is 22.2 Å². The van der Waals surface area contributed by atoms with Crippen molar-refractivity contribution in [2.24, 2.45) is 0 Å². The molecule has 2 heterocycles. The van der Waals surface area contributed by atoms with E-state index in [0.29, 0.717) is 23.0 Å². The van der Waals surface area contributed by atoms with Gasteiger partial charge in [0, 0.05) is 11.1 Å². The van der Waals surface area contributed by atoms with Gasteiger partial charge in [0.1, 0.15) is 4.88 Å². The molecule has 0 aliphatic rings. The quantitative estimate of drug-likeness (QED) is 0.523. The predicted octanol–water partition coefficient (Wildman–Crippen LogP) is 5.33. The lowest BCUT2D eigenvalue weighted by Gasteiger charge is -2.07. The highest BCUT2D eigenvalue weighted by Crippen LogP contribution is 2.34. The number of aryl methyl sites for hydroxylation is 2. The SMILES string of the molecule is Cc1ccc(C(=O)Nc2ccsc2-c2nc(-c3ccccc3)no2)cc1C. The molecule has 0 spiro atoms. The topological polar surface area (TPSA) is 68.0 Å². The summed E-state index contributed by atoms with van der Waals surface area (Å²) < 4.78 is 5.42. The van der Waals surface area contributed by atoms with Gasteiger partial charge in [-0.1, -0.05) is 41.6 Å². The highest BCUT2D eigenvalue weighted by Gasteiger charge is 2.18. The Balaban J connectivity index is 1.59. The van der Waals surface area contributed by atoms with Crippen LogP contribution >= 0.6 is 11.3 Å². The van der Waals surface area contributed by atoms with Gasteiger partial charge in [0.05, 0.1) is 5.69 Å². The highest BCUT2D eigenvalue weighted by atomic mass is 32.1. The summed E-state index contributed by atoms with van der Waals surface area (Å²) >= 11 is 1.44. The molecule has 0 radical (unpaired) electrons. The van der Waals surface area contributed by atoms with Gasteiger partial charge in [0.25, 0.3) is 11.8 Å². The van der Waals surface area contributed by atoms with E-state index >= 15 is 0 Å². The van der Waals surface area contributed by atoms with E-state index in [-0.39, 0.29) is 5.91 Å². The molecular formula is C21H17N3O2S. The fourth-order valence-corrected chi connectivity index (χ4v) is 3.44. The number of aromatic nitrogens is 2. The average molecular weight is 375 g/mol. The monoisotopic (exact) mass is 375 g/mol. The summed E-state index contributed by atoms with van der Waals surface area (Å²) in [5.74, 6) is 0.741. The van der Waals surface area contributed by atoms with Crippen LogP contribution in [-0.2, 0) is 0 Å². The van der Waals surface area contributed by atoms with Crippen molar-refractivity contribution in [1.82, 2.24) is 10.1 Å². The van der Waals surface area contributed by atoms with E-state index < -0.39 is 0 Å². The summed E-state index contributed by atoms with van der Waals surface area (Å²) in [6, 6.07) is 17.1. The molecule has 4 rings (SSSR count).